The highest BCUT2D eigenvalue weighted by atomic mass is 16.5. The Hall–Kier alpha value is -3.42. The summed E-state index contributed by atoms with van der Waals surface area (Å²) in [4.78, 5) is 30.9. The third-order valence-electron chi connectivity index (χ3n) is 4.31. The van der Waals surface area contributed by atoms with Crippen LogP contribution in [0.4, 0.5) is 6.01 Å². The lowest BCUT2D eigenvalue weighted by Gasteiger charge is -2.34. The van der Waals surface area contributed by atoms with Crippen molar-refractivity contribution in [3.05, 3.63) is 48.5 Å². The first-order chi connectivity index (χ1) is 12.6. The van der Waals surface area contributed by atoms with E-state index in [1.807, 2.05) is 30.3 Å². The van der Waals surface area contributed by atoms with Gasteiger partial charge in [-0.2, -0.15) is 4.98 Å². The molecule has 3 aromatic rings. The van der Waals surface area contributed by atoms with Crippen molar-refractivity contribution in [2.75, 3.05) is 5.32 Å². The summed E-state index contributed by atoms with van der Waals surface area (Å²) in [5, 5.41) is 12.3. The zero-order valence-corrected chi connectivity index (χ0v) is 13.6. The quantitative estimate of drug-likeness (QED) is 0.724. The van der Waals surface area contributed by atoms with Gasteiger partial charge in [-0.25, -0.2) is 4.79 Å². The highest BCUT2D eigenvalue weighted by Gasteiger charge is 2.37. The number of carbonyl (C=O) groups excluding carboxylic acids is 1. The molecule has 2 heterocycles. The Morgan fingerprint density at radius 1 is 1.23 bits per heavy atom. The van der Waals surface area contributed by atoms with Gasteiger partial charge < -0.3 is 14.3 Å². The summed E-state index contributed by atoms with van der Waals surface area (Å²) in [6.45, 7) is 0. The van der Waals surface area contributed by atoms with Gasteiger partial charge in [0.1, 0.15) is 23.6 Å². The standard InChI is InChI=1S/C18H15N3O5/c22-16(21-18-20-13(9-25-18)17(23)24)11-7-12(8-11)26-14-5-1-3-10-4-2-6-19-15(10)14/h1-6,9,11-12H,7-8H2,(H,23,24)(H,20,21,22)/t11-,12-. The van der Waals surface area contributed by atoms with Gasteiger partial charge >= 0.3 is 12.0 Å². The van der Waals surface area contributed by atoms with Gasteiger partial charge in [0.2, 0.25) is 5.91 Å². The maximum atomic E-state index is 12.2. The van der Waals surface area contributed by atoms with Gasteiger partial charge in [0.05, 0.1) is 0 Å². The molecule has 1 amide bonds. The van der Waals surface area contributed by atoms with E-state index >= 15 is 0 Å². The molecular formula is C18H15N3O5. The lowest BCUT2D eigenvalue weighted by atomic mass is 9.81. The Kier molecular flexibility index (Phi) is 4.00. The monoisotopic (exact) mass is 353 g/mol. The average Bonchev–Trinajstić information content (AvgIpc) is 3.06. The predicted molar refractivity (Wildman–Crippen MR) is 91.0 cm³/mol. The van der Waals surface area contributed by atoms with Crippen LogP contribution >= 0.6 is 0 Å². The maximum Gasteiger partial charge on any atom is 0.357 e. The van der Waals surface area contributed by atoms with Gasteiger partial charge in [-0.15, -0.1) is 0 Å². The molecule has 8 heteroatoms. The molecule has 0 saturated heterocycles. The molecule has 132 valence electrons. The number of hydrogen-bond donors (Lipinski definition) is 2. The first kappa shape index (κ1) is 16.1. The number of pyridine rings is 1. The van der Waals surface area contributed by atoms with Crippen LogP contribution in [0, 0.1) is 5.92 Å². The van der Waals surface area contributed by atoms with Gasteiger partial charge in [0.25, 0.3) is 0 Å². The third-order valence-corrected chi connectivity index (χ3v) is 4.31. The number of aromatic nitrogens is 2. The summed E-state index contributed by atoms with van der Waals surface area (Å²) in [5.41, 5.74) is 0.544. The summed E-state index contributed by atoms with van der Waals surface area (Å²) in [5.74, 6) is -1.01. The number of aromatic carboxylic acids is 1. The van der Waals surface area contributed by atoms with Crippen LogP contribution in [0.2, 0.25) is 0 Å². The second kappa shape index (κ2) is 6.47. The van der Waals surface area contributed by atoms with E-state index in [1.54, 1.807) is 6.20 Å². The SMILES string of the molecule is O=C(O)c1coc(NC(=O)[C@H]2C[C@H](Oc3cccc4cccnc34)C2)n1. The van der Waals surface area contributed by atoms with Crippen LogP contribution in [0.25, 0.3) is 10.9 Å². The number of rotatable bonds is 5. The molecule has 1 aromatic carbocycles. The molecule has 0 unspecified atom stereocenters. The maximum absolute atomic E-state index is 12.2. The number of carbonyl (C=O) groups is 2. The molecule has 0 spiro atoms. The first-order valence-electron chi connectivity index (χ1n) is 8.10. The number of anilines is 1. The molecule has 8 nitrogen and oxygen atoms in total. The topological polar surface area (TPSA) is 115 Å². The summed E-state index contributed by atoms with van der Waals surface area (Å²) < 4.78 is 10.9. The molecule has 1 fully saturated rings. The number of para-hydroxylation sites is 1. The normalized spacial score (nSPS) is 18.9. The summed E-state index contributed by atoms with van der Waals surface area (Å²) in [6, 6.07) is 9.46. The summed E-state index contributed by atoms with van der Waals surface area (Å²) >= 11 is 0. The number of carboxylic acid groups (broad SMARTS) is 1. The number of nitrogens with zero attached hydrogens (tertiary/aromatic N) is 2. The number of ether oxygens (including phenoxy) is 1. The fourth-order valence-electron chi connectivity index (χ4n) is 2.86. The second-order valence-electron chi connectivity index (χ2n) is 6.07. The lowest BCUT2D eigenvalue weighted by molar-refractivity contribution is -0.125. The van der Waals surface area contributed by atoms with Crippen molar-refractivity contribution in [1.29, 1.82) is 0 Å². The molecule has 1 aliphatic rings. The van der Waals surface area contributed by atoms with E-state index in [4.69, 9.17) is 14.3 Å². The van der Waals surface area contributed by atoms with Crippen molar-refractivity contribution in [3.8, 4) is 5.75 Å². The number of fused-ring (bicyclic) bond motifs is 1. The number of nitrogens with one attached hydrogen (secondary N) is 1. The molecule has 2 aromatic heterocycles. The van der Waals surface area contributed by atoms with E-state index in [0.717, 1.165) is 17.2 Å². The van der Waals surface area contributed by atoms with Crippen LogP contribution in [0.1, 0.15) is 23.3 Å². The minimum Gasteiger partial charge on any atom is -0.488 e. The van der Waals surface area contributed by atoms with Gasteiger partial charge in [-0.05, 0) is 25.0 Å². The smallest absolute Gasteiger partial charge is 0.357 e. The summed E-state index contributed by atoms with van der Waals surface area (Å²) in [7, 11) is 0. The van der Waals surface area contributed by atoms with Crippen molar-refractivity contribution >= 4 is 28.8 Å². The van der Waals surface area contributed by atoms with Crippen LogP contribution in [0.3, 0.4) is 0 Å². The Morgan fingerprint density at radius 2 is 2.04 bits per heavy atom. The lowest BCUT2D eigenvalue weighted by Crippen LogP contribution is -2.40. The number of benzene rings is 1. The molecule has 4 rings (SSSR count). The van der Waals surface area contributed by atoms with Crippen LogP contribution < -0.4 is 10.1 Å². The summed E-state index contributed by atoms with van der Waals surface area (Å²) in [6.07, 6.45) is 3.74. The molecule has 2 N–H and O–H groups in total. The molecule has 0 radical (unpaired) electrons. The van der Waals surface area contributed by atoms with Crippen molar-refractivity contribution in [3.63, 3.8) is 0 Å². The Balaban J connectivity index is 1.34. The zero-order chi connectivity index (χ0) is 18.1. The molecule has 0 atom stereocenters. The van der Waals surface area contributed by atoms with E-state index in [2.05, 4.69) is 15.3 Å². The van der Waals surface area contributed by atoms with Gasteiger partial charge in [-0.3, -0.25) is 15.1 Å². The van der Waals surface area contributed by atoms with E-state index in [9.17, 15) is 9.59 Å². The molecular weight excluding hydrogens is 338 g/mol. The Labute approximate surface area is 147 Å². The van der Waals surface area contributed by atoms with E-state index in [-0.39, 0.29) is 29.6 Å². The molecule has 1 aliphatic carbocycles. The zero-order valence-electron chi connectivity index (χ0n) is 13.6. The predicted octanol–water partition coefficient (Wildman–Crippen LogP) is 2.72. The fourth-order valence-corrected chi connectivity index (χ4v) is 2.86. The fraction of sp³-hybridized carbons (Fsp3) is 0.222. The van der Waals surface area contributed by atoms with Crippen LogP contribution in [-0.2, 0) is 4.79 Å². The largest absolute Gasteiger partial charge is 0.488 e. The van der Waals surface area contributed by atoms with Crippen LogP contribution in [0.5, 0.6) is 5.75 Å². The van der Waals surface area contributed by atoms with Crippen molar-refractivity contribution in [1.82, 2.24) is 9.97 Å². The van der Waals surface area contributed by atoms with Crippen LogP contribution in [0.15, 0.2) is 47.2 Å². The molecule has 1 saturated carbocycles. The third kappa shape index (κ3) is 3.08. The number of amides is 1. The second-order valence-corrected chi connectivity index (χ2v) is 6.07. The molecule has 0 aliphatic heterocycles. The molecule has 26 heavy (non-hydrogen) atoms. The molecule has 0 bridgehead atoms. The van der Waals surface area contributed by atoms with E-state index in [1.165, 1.54) is 0 Å². The van der Waals surface area contributed by atoms with Gasteiger partial charge in [-0.1, -0.05) is 18.2 Å². The number of oxazole rings is 1. The minimum absolute atomic E-state index is 0.0718. The highest BCUT2D eigenvalue weighted by Crippen LogP contribution is 2.34. The van der Waals surface area contributed by atoms with Gasteiger partial charge in [0, 0.05) is 17.5 Å². The van der Waals surface area contributed by atoms with E-state index in [0.29, 0.717) is 18.6 Å². The van der Waals surface area contributed by atoms with Crippen LogP contribution in [-0.4, -0.2) is 33.1 Å². The van der Waals surface area contributed by atoms with Crippen molar-refractivity contribution in [2.45, 2.75) is 18.9 Å². The number of carboxylic acids is 1. The van der Waals surface area contributed by atoms with Crippen molar-refractivity contribution < 1.29 is 23.8 Å². The van der Waals surface area contributed by atoms with E-state index < -0.39 is 5.97 Å². The first-order valence-corrected chi connectivity index (χ1v) is 8.10. The van der Waals surface area contributed by atoms with Gasteiger partial charge in [0.15, 0.2) is 5.69 Å². The highest BCUT2D eigenvalue weighted by molar-refractivity contribution is 5.92. The van der Waals surface area contributed by atoms with Crippen molar-refractivity contribution in [2.24, 2.45) is 5.92 Å². The number of hydrogen-bond acceptors (Lipinski definition) is 6. The minimum atomic E-state index is -1.21. The Morgan fingerprint density at radius 3 is 2.81 bits per heavy atom. The average molecular weight is 353 g/mol. The Bertz CT molecular complexity index is 972.